The lowest BCUT2D eigenvalue weighted by molar-refractivity contribution is -0.143. The molecule has 84 heavy (non-hydrogen) atoms. The van der Waals surface area contributed by atoms with Crippen LogP contribution >= 0.6 is 0 Å². The van der Waals surface area contributed by atoms with Gasteiger partial charge in [-0.3, -0.25) is 9.59 Å². The Labute approximate surface area is 524 Å². The second-order valence-electron chi connectivity index (χ2n) is 25.6. The first-order valence-corrected chi connectivity index (χ1v) is 37.6. The van der Waals surface area contributed by atoms with Crippen molar-refractivity contribution in [1.29, 1.82) is 0 Å². The van der Waals surface area contributed by atoms with Crippen molar-refractivity contribution in [3.63, 3.8) is 0 Å². The van der Waals surface area contributed by atoms with E-state index in [1.807, 2.05) is 6.08 Å². The van der Waals surface area contributed by atoms with Crippen LogP contribution in [0.25, 0.3) is 0 Å². The monoisotopic (exact) mass is 1180 g/mol. The van der Waals surface area contributed by atoms with Crippen molar-refractivity contribution >= 4 is 11.9 Å². The van der Waals surface area contributed by atoms with Crippen LogP contribution in [0.1, 0.15) is 399 Å². The van der Waals surface area contributed by atoms with Gasteiger partial charge in [0.15, 0.2) is 0 Å². The van der Waals surface area contributed by atoms with Gasteiger partial charge < -0.3 is 20.3 Å². The van der Waals surface area contributed by atoms with Crippen LogP contribution < -0.4 is 5.32 Å². The fourth-order valence-corrected chi connectivity index (χ4v) is 11.5. The highest BCUT2D eigenvalue weighted by Gasteiger charge is 2.18. The maximum atomic E-state index is 12.5. The number of ether oxygens (including phenoxy) is 1. The predicted octanol–water partition coefficient (Wildman–Crippen LogP) is 24.6. The van der Waals surface area contributed by atoms with Crippen molar-refractivity contribution in [2.75, 3.05) is 13.2 Å². The lowest BCUT2D eigenvalue weighted by Crippen LogP contribution is -2.45. The number of aliphatic hydroxyl groups is 2. The molecular formula is C78H145NO5. The zero-order valence-corrected chi connectivity index (χ0v) is 56.4. The molecule has 0 aliphatic carbocycles. The lowest BCUT2D eigenvalue weighted by atomic mass is 10.0. The van der Waals surface area contributed by atoms with Crippen LogP contribution in [0.3, 0.4) is 0 Å². The minimum Gasteiger partial charge on any atom is -0.466 e. The van der Waals surface area contributed by atoms with Gasteiger partial charge in [0.25, 0.3) is 0 Å². The fourth-order valence-electron chi connectivity index (χ4n) is 11.5. The molecule has 0 bridgehead atoms. The molecule has 0 rings (SSSR count). The maximum Gasteiger partial charge on any atom is 0.305 e. The number of carbonyl (C=O) groups is 2. The van der Waals surface area contributed by atoms with E-state index >= 15 is 0 Å². The summed E-state index contributed by atoms with van der Waals surface area (Å²) in [6.07, 6.45) is 97.5. The number of allylic oxidation sites excluding steroid dienone is 9. The van der Waals surface area contributed by atoms with Crippen LogP contribution in [-0.4, -0.2) is 47.4 Å². The summed E-state index contributed by atoms with van der Waals surface area (Å²) in [5.74, 6) is -0.0690. The van der Waals surface area contributed by atoms with Gasteiger partial charge in [-0.25, -0.2) is 0 Å². The standard InChI is InChI=1S/C78H145NO5/c1-3-5-7-9-11-13-15-17-18-19-20-21-22-28-31-34-37-40-43-47-50-54-58-62-66-70-76(81)75(74-80)79-77(82)71-67-63-59-55-51-48-44-41-38-35-32-29-26-24-23-25-27-30-33-36-39-42-45-49-53-57-61-65-69-73-84-78(83)72-68-64-60-56-52-46-16-14-12-10-8-6-4-2/h8,10,14,16,23,25,30,33,66,70,75-76,80-81H,3-7,9,11-13,15,17-22,24,26-29,31-32,34-65,67-69,71-74H2,1-2H3,(H,79,82)/b10-8-,16-14-,25-23-,33-30-,70-66+. The first-order valence-electron chi connectivity index (χ1n) is 37.6. The molecule has 0 aromatic rings. The molecular weight excluding hydrogens is 1030 g/mol. The Morgan fingerprint density at radius 3 is 0.952 bits per heavy atom. The van der Waals surface area contributed by atoms with E-state index in [0.29, 0.717) is 19.4 Å². The minimum atomic E-state index is -0.848. The molecule has 0 heterocycles. The van der Waals surface area contributed by atoms with E-state index in [4.69, 9.17) is 4.74 Å². The van der Waals surface area contributed by atoms with Gasteiger partial charge in [0.2, 0.25) is 5.91 Å². The van der Waals surface area contributed by atoms with Gasteiger partial charge in [0, 0.05) is 12.8 Å². The highest BCUT2D eigenvalue weighted by molar-refractivity contribution is 5.76. The van der Waals surface area contributed by atoms with Gasteiger partial charge in [-0.1, -0.05) is 357 Å². The average Bonchev–Trinajstić information content (AvgIpc) is 3.51. The Kier molecular flexibility index (Phi) is 70.9. The number of nitrogens with one attached hydrogen (secondary N) is 1. The molecule has 0 aromatic heterocycles. The number of aliphatic hydroxyl groups excluding tert-OH is 2. The van der Waals surface area contributed by atoms with Crippen LogP contribution in [0.2, 0.25) is 0 Å². The number of hydrogen-bond donors (Lipinski definition) is 3. The Hall–Kier alpha value is -2.44. The van der Waals surface area contributed by atoms with E-state index in [2.05, 4.69) is 67.8 Å². The zero-order valence-electron chi connectivity index (χ0n) is 56.4. The normalized spacial score (nSPS) is 12.9. The predicted molar refractivity (Wildman–Crippen MR) is 370 cm³/mol. The Morgan fingerprint density at radius 2 is 0.619 bits per heavy atom. The molecule has 2 unspecified atom stereocenters. The van der Waals surface area contributed by atoms with Crippen LogP contribution in [0.5, 0.6) is 0 Å². The topological polar surface area (TPSA) is 95.9 Å². The average molecular weight is 1180 g/mol. The number of unbranched alkanes of at least 4 members (excludes halogenated alkanes) is 51. The summed E-state index contributed by atoms with van der Waals surface area (Å²) in [4.78, 5) is 24.6. The van der Waals surface area contributed by atoms with Gasteiger partial charge >= 0.3 is 5.97 Å². The van der Waals surface area contributed by atoms with Crippen molar-refractivity contribution in [2.24, 2.45) is 0 Å². The van der Waals surface area contributed by atoms with Crippen LogP contribution in [0, 0.1) is 0 Å². The summed E-state index contributed by atoms with van der Waals surface area (Å²) in [5, 5.41) is 23.3. The van der Waals surface area contributed by atoms with Crippen LogP contribution in [0.15, 0.2) is 60.8 Å². The Bertz CT molecular complexity index is 1450. The van der Waals surface area contributed by atoms with E-state index in [1.54, 1.807) is 6.08 Å². The number of amides is 1. The lowest BCUT2D eigenvalue weighted by Gasteiger charge is -2.20. The summed E-state index contributed by atoms with van der Waals surface area (Å²) in [5.41, 5.74) is 0. The summed E-state index contributed by atoms with van der Waals surface area (Å²) >= 11 is 0. The largest absolute Gasteiger partial charge is 0.466 e. The molecule has 6 nitrogen and oxygen atoms in total. The molecule has 3 N–H and O–H groups in total. The number of carbonyl (C=O) groups excluding carboxylic acids is 2. The van der Waals surface area contributed by atoms with Gasteiger partial charge in [-0.05, 0) is 89.9 Å². The fraction of sp³-hybridized carbons (Fsp3) is 0.846. The quantitative estimate of drug-likeness (QED) is 0.0320. The molecule has 1 amide bonds. The molecule has 0 saturated heterocycles. The summed E-state index contributed by atoms with van der Waals surface area (Å²) in [6, 6.07) is -0.632. The maximum absolute atomic E-state index is 12.5. The molecule has 6 heteroatoms. The molecule has 0 fully saturated rings. The van der Waals surface area contributed by atoms with Crippen LogP contribution in [0.4, 0.5) is 0 Å². The van der Waals surface area contributed by atoms with Crippen molar-refractivity contribution in [3.8, 4) is 0 Å². The van der Waals surface area contributed by atoms with Gasteiger partial charge in [-0.15, -0.1) is 0 Å². The van der Waals surface area contributed by atoms with E-state index in [9.17, 15) is 19.8 Å². The summed E-state index contributed by atoms with van der Waals surface area (Å²) in [7, 11) is 0. The molecule has 0 radical (unpaired) electrons. The first kappa shape index (κ1) is 81.6. The van der Waals surface area contributed by atoms with E-state index in [-0.39, 0.29) is 18.5 Å². The van der Waals surface area contributed by atoms with Gasteiger partial charge in [0.05, 0.1) is 25.4 Å². The van der Waals surface area contributed by atoms with Crippen molar-refractivity contribution in [2.45, 2.75) is 411 Å². The molecule has 0 aliphatic heterocycles. The third-order valence-electron chi connectivity index (χ3n) is 17.2. The van der Waals surface area contributed by atoms with Crippen LogP contribution in [-0.2, 0) is 14.3 Å². The number of rotatable bonds is 70. The minimum absolute atomic E-state index is 0.00371. The molecule has 0 saturated carbocycles. The molecule has 0 aromatic carbocycles. The smallest absolute Gasteiger partial charge is 0.305 e. The SMILES string of the molecule is CCC/C=C\C/C=C\CCCCCCCC(=O)OCCCCCCCCCCC/C=C\C/C=C\CCCCCCCCCCCCCCCC(=O)NC(CO)C(O)/C=C/CCCCCCCCCCCCCCCCCCCCCCCCC. The summed E-state index contributed by atoms with van der Waals surface area (Å²) < 4.78 is 5.47. The number of hydrogen-bond acceptors (Lipinski definition) is 5. The van der Waals surface area contributed by atoms with Gasteiger partial charge in [0.1, 0.15) is 0 Å². The Balaban J connectivity index is 3.44. The van der Waals surface area contributed by atoms with Gasteiger partial charge in [-0.2, -0.15) is 0 Å². The third-order valence-corrected chi connectivity index (χ3v) is 17.2. The Morgan fingerprint density at radius 1 is 0.333 bits per heavy atom. The van der Waals surface area contributed by atoms with E-state index < -0.39 is 12.1 Å². The molecule has 0 aliphatic rings. The first-order chi connectivity index (χ1) is 41.5. The number of esters is 1. The second kappa shape index (κ2) is 73.0. The highest BCUT2D eigenvalue weighted by Crippen LogP contribution is 2.19. The zero-order chi connectivity index (χ0) is 60.6. The van der Waals surface area contributed by atoms with Crippen molar-refractivity contribution in [3.05, 3.63) is 60.8 Å². The summed E-state index contributed by atoms with van der Waals surface area (Å²) in [6.45, 7) is 4.86. The molecule has 0 spiro atoms. The van der Waals surface area contributed by atoms with E-state index in [0.717, 1.165) is 57.8 Å². The van der Waals surface area contributed by atoms with Crippen molar-refractivity contribution < 1.29 is 24.5 Å². The van der Waals surface area contributed by atoms with Crippen molar-refractivity contribution in [1.82, 2.24) is 5.32 Å². The van der Waals surface area contributed by atoms with E-state index in [1.165, 1.54) is 315 Å². The molecule has 2 atom stereocenters. The molecule has 492 valence electrons. The highest BCUT2D eigenvalue weighted by atomic mass is 16.5. The second-order valence-corrected chi connectivity index (χ2v) is 25.6. The third kappa shape index (κ3) is 68.7.